The number of carbonyl (C=O) groups is 1. The Labute approximate surface area is 124 Å². The predicted molar refractivity (Wildman–Crippen MR) is 82.2 cm³/mol. The number of hydrogen-bond acceptors (Lipinski definition) is 3. The molecule has 1 aromatic carbocycles. The monoisotopic (exact) mass is 287 g/mol. The van der Waals surface area contributed by atoms with Crippen LogP contribution in [0, 0.1) is 5.92 Å². The fourth-order valence-corrected chi connectivity index (χ4v) is 1.94. The molecule has 0 aliphatic heterocycles. The predicted octanol–water partition coefficient (Wildman–Crippen LogP) is 2.95. The van der Waals surface area contributed by atoms with E-state index in [4.69, 9.17) is 4.74 Å². The highest BCUT2D eigenvalue weighted by atomic mass is 16.5. The van der Waals surface area contributed by atoms with Gasteiger partial charge in [0.1, 0.15) is 5.75 Å². The van der Waals surface area contributed by atoms with Crippen molar-refractivity contribution in [2.24, 2.45) is 5.92 Å². The summed E-state index contributed by atoms with van der Waals surface area (Å²) in [5, 5.41) is 7.04. The average molecular weight is 287 g/mol. The molecule has 1 N–H and O–H groups in total. The molecular formula is C16H21N3O2. The summed E-state index contributed by atoms with van der Waals surface area (Å²) in [5.41, 5.74) is 0.711. The molecule has 1 aromatic heterocycles. The summed E-state index contributed by atoms with van der Waals surface area (Å²) in [7, 11) is 0. The SMILES string of the molecule is CCCOc1ccccc1NC(=O)C(C)Cn1cccn1. The van der Waals surface area contributed by atoms with Crippen molar-refractivity contribution in [3.63, 3.8) is 0 Å². The maximum Gasteiger partial charge on any atom is 0.229 e. The molecule has 1 amide bonds. The van der Waals surface area contributed by atoms with E-state index in [0.717, 1.165) is 6.42 Å². The molecule has 2 aromatic rings. The Balaban J connectivity index is 1.98. The minimum atomic E-state index is -0.177. The highest BCUT2D eigenvalue weighted by Gasteiger charge is 2.15. The third-order valence-electron chi connectivity index (χ3n) is 3.07. The number of ether oxygens (including phenoxy) is 1. The lowest BCUT2D eigenvalue weighted by Gasteiger charge is -2.15. The summed E-state index contributed by atoms with van der Waals surface area (Å²) in [5.74, 6) is 0.487. The Morgan fingerprint density at radius 3 is 2.90 bits per heavy atom. The lowest BCUT2D eigenvalue weighted by molar-refractivity contribution is -0.119. The van der Waals surface area contributed by atoms with Crippen LogP contribution in [0.3, 0.4) is 0 Å². The topological polar surface area (TPSA) is 56.1 Å². The van der Waals surface area contributed by atoms with Crippen molar-refractivity contribution in [2.45, 2.75) is 26.8 Å². The number of amides is 1. The van der Waals surface area contributed by atoms with Crippen LogP contribution in [0.2, 0.25) is 0 Å². The van der Waals surface area contributed by atoms with E-state index >= 15 is 0 Å². The van der Waals surface area contributed by atoms with E-state index in [0.29, 0.717) is 24.6 Å². The van der Waals surface area contributed by atoms with Crippen LogP contribution in [0.15, 0.2) is 42.7 Å². The Hall–Kier alpha value is -2.30. The zero-order valence-electron chi connectivity index (χ0n) is 12.5. The van der Waals surface area contributed by atoms with Gasteiger partial charge < -0.3 is 10.1 Å². The molecule has 0 saturated carbocycles. The summed E-state index contributed by atoms with van der Waals surface area (Å²) < 4.78 is 7.39. The molecule has 112 valence electrons. The third kappa shape index (κ3) is 4.34. The first-order chi connectivity index (χ1) is 10.2. The number of hydrogen-bond donors (Lipinski definition) is 1. The number of aromatic nitrogens is 2. The van der Waals surface area contributed by atoms with Gasteiger partial charge in [-0.2, -0.15) is 5.10 Å². The van der Waals surface area contributed by atoms with Crippen LogP contribution in [0.4, 0.5) is 5.69 Å². The molecule has 1 atom stereocenters. The normalized spacial score (nSPS) is 11.9. The van der Waals surface area contributed by atoms with E-state index in [-0.39, 0.29) is 11.8 Å². The molecule has 1 heterocycles. The summed E-state index contributed by atoms with van der Waals surface area (Å²) >= 11 is 0. The van der Waals surface area contributed by atoms with Crippen molar-refractivity contribution in [3.8, 4) is 5.75 Å². The van der Waals surface area contributed by atoms with E-state index in [1.54, 1.807) is 10.9 Å². The Morgan fingerprint density at radius 2 is 2.19 bits per heavy atom. The van der Waals surface area contributed by atoms with Crippen LogP contribution in [-0.2, 0) is 11.3 Å². The summed E-state index contributed by atoms with van der Waals surface area (Å²) in [6.45, 7) is 5.12. The molecule has 5 heteroatoms. The van der Waals surface area contributed by atoms with Gasteiger partial charge in [0.15, 0.2) is 0 Å². The molecule has 2 rings (SSSR count). The van der Waals surface area contributed by atoms with Gasteiger partial charge in [0.05, 0.1) is 24.8 Å². The molecule has 0 saturated heterocycles. The van der Waals surface area contributed by atoms with Crippen LogP contribution < -0.4 is 10.1 Å². The highest BCUT2D eigenvalue weighted by molar-refractivity contribution is 5.93. The number of para-hydroxylation sites is 2. The van der Waals surface area contributed by atoms with Crippen LogP contribution in [0.1, 0.15) is 20.3 Å². The second-order valence-electron chi connectivity index (χ2n) is 4.96. The Bertz CT molecular complexity index is 567. The third-order valence-corrected chi connectivity index (χ3v) is 3.07. The highest BCUT2D eigenvalue weighted by Crippen LogP contribution is 2.24. The van der Waals surface area contributed by atoms with Gasteiger partial charge in [0, 0.05) is 12.4 Å². The molecule has 0 spiro atoms. The first-order valence-electron chi connectivity index (χ1n) is 7.20. The first-order valence-corrected chi connectivity index (χ1v) is 7.20. The number of carbonyl (C=O) groups excluding carboxylic acids is 1. The fourth-order valence-electron chi connectivity index (χ4n) is 1.94. The van der Waals surface area contributed by atoms with Crippen LogP contribution >= 0.6 is 0 Å². The maximum atomic E-state index is 12.3. The summed E-state index contributed by atoms with van der Waals surface area (Å²) in [4.78, 5) is 12.3. The first kappa shape index (κ1) is 15.1. The van der Waals surface area contributed by atoms with Crippen LogP contribution in [0.25, 0.3) is 0 Å². The molecule has 0 aliphatic rings. The molecule has 0 radical (unpaired) electrons. The lowest BCUT2D eigenvalue weighted by atomic mass is 10.1. The molecule has 21 heavy (non-hydrogen) atoms. The van der Waals surface area contributed by atoms with Crippen LogP contribution in [0.5, 0.6) is 5.75 Å². The van der Waals surface area contributed by atoms with Gasteiger partial charge >= 0.3 is 0 Å². The van der Waals surface area contributed by atoms with Crippen molar-refractivity contribution in [1.29, 1.82) is 0 Å². The maximum absolute atomic E-state index is 12.3. The van der Waals surface area contributed by atoms with Gasteiger partial charge in [-0.3, -0.25) is 9.48 Å². The van der Waals surface area contributed by atoms with Gasteiger partial charge in [-0.05, 0) is 24.6 Å². The molecule has 0 bridgehead atoms. The molecule has 0 fully saturated rings. The zero-order chi connectivity index (χ0) is 15.1. The minimum absolute atomic E-state index is 0.0435. The summed E-state index contributed by atoms with van der Waals surface area (Å²) in [6.07, 6.45) is 4.48. The van der Waals surface area contributed by atoms with Gasteiger partial charge in [-0.15, -0.1) is 0 Å². The molecule has 5 nitrogen and oxygen atoms in total. The second-order valence-corrected chi connectivity index (χ2v) is 4.96. The van der Waals surface area contributed by atoms with Gasteiger partial charge in [-0.1, -0.05) is 26.0 Å². The Kier molecular flexibility index (Phi) is 5.37. The van der Waals surface area contributed by atoms with E-state index < -0.39 is 0 Å². The van der Waals surface area contributed by atoms with Crippen molar-refractivity contribution in [2.75, 3.05) is 11.9 Å². The van der Waals surface area contributed by atoms with Crippen molar-refractivity contribution < 1.29 is 9.53 Å². The van der Waals surface area contributed by atoms with Gasteiger partial charge in [0.2, 0.25) is 5.91 Å². The lowest BCUT2D eigenvalue weighted by Crippen LogP contribution is -2.24. The number of anilines is 1. The number of rotatable bonds is 7. The quantitative estimate of drug-likeness (QED) is 0.851. The van der Waals surface area contributed by atoms with Crippen molar-refractivity contribution in [3.05, 3.63) is 42.7 Å². The molecule has 1 unspecified atom stereocenters. The second kappa shape index (κ2) is 7.47. The largest absolute Gasteiger partial charge is 0.491 e. The van der Waals surface area contributed by atoms with E-state index in [1.165, 1.54) is 0 Å². The van der Waals surface area contributed by atoms with E-state index in [2.05, 4.69) is 10.4 Å². The number of benzene rings is 1. The van der Waals surface area contributed by atoms with Gasteiger partial charge in [-0.25, -0.2) is 0 Å². The fraction of sp³-hybridized carbons (Fsp3) is 0.375. The smallest absolute Gasteiger partial charge is 0.229 e. The zero-order valence-corrected chi connectivity index (χ0v) is 12.5. The van der Waals surface area contributed by atoms with Crippen molar-refractivity contribution >= 4 is 11.6 Å². The summed E-state index contributed by atoms with van der Waals surface area (Å²) in [6, 6.07) is 9.34. The Morgan fingerprint density at radius 1 is 1.38 bits per heavy atom. The van der Waals surface area contributed by atoms with Crippen LogP contribution in [-0.4, -0.2) is 22.3 Å². The van der Waals surface area contributed by atoms with E-state index in [9.17, 15) is 4.79 Å². The number of nitrogens with zero attached hydrogens (tertiary/aromatic N) is 2. The molecular weight excluding hydrogens is 266 g/mol. The minimum Gasteiger partial charge on any atom is -0.491 e. The standard InChI is InChI=1S/C16H21N3O2/c1-3-11-21-15-8-5-4-7-14(15)18-16(20)13(2)12-19-10-6-9-17-19/h4-10,13H,3,11-12H2,1-2H3,(H,18,20). The molecule has 0 aliphatic carbocycles. The average Bonchev–Trinajstić information content (AvgIpc) is 2.99. The van der Waals surface area contributed by atoms with Crippen molar-refractivity contribution in [1.82, 2.24) is 9.78 Å². The van der Waals surface area contributed by atoms with E-state index in [1.807, 2.05) is 50.4 Å². The van der Waals surface area contributed by atoms with Gasteiger partial charge in [0.25, 0.3) is 0 Å². The number of nitrogens with one attached hydrogen (secondary N) is 1.